The molecule has 0 saturated carbocycles. The Morgan fingerprint density at radius 3 is 2.37 bits per heavy atom. The van der Waals surface area contributed by atoms with Crippen molar-refractivity contribution in [2.24, 2.45) is 5.41 Å². The number of carbonyl (C=O) groups excluding carboxylic acids is 3. The van der Waals surface area contributed by atoms with Gasteiger partial charge in [0.2, 0.25) is 0 Å². The molecular formula is C26H40N2O7. The summed E-state index contributed by atoms with van der Waals surface area (Å²) in [5.74, 6) is 0.0816. The van der Waals surface area contributed by atoms with Crippen LogP contribution in [-0.4, -0.2) is 80.4 Å². The van der Waals surface area contributed by atoms with Crippen LogP contribution in [0.25, 0.3) is 0 Å². The van der Waals surface area contributed by atoms with Gasteiger partial charge in [-0.1, -0.05) is 12.1 Å². The van der Waals surface area contributed by atoms with Gasteiger partial charge in [0.25, 0.3) is 0 Å². The predicted molar refractivity (Wildman–Crippen MR) is 131 cm³/mol. The van der Waals surface area contributed by atoms with Gasteiger partial charge in [-0.25, -0.2) is 4.79 Å². The van der Waals surface area contributed by atoms with Crippen molar-refractivity contribution in [1.82, 2.24) is 9.80 Å². The number of hydrogen-bond acceptors (Lipinski definition) is 8. The maximum absolute atomic E-state index is 13.3. The third-order valence-electron chi connectivity index (χ3n) is 5.89. The summed E-state index contributed by atoms with van der Waals surface area (Å²) >= 11 is 0. The van der Waals surface area contributed by atoms with Gasteiger partial charge in [-0.2, -0.15) is 0 Å². The van der Waals surface area contributed by atoms with Gasteiger partial charge in [0.05, 0.1) is 32.7 Å². The van der Waals surface area contributed by atoms with E-state index in [0.717, 1.165) is 11.3 Å². The molecule has 35 heavy (non-hydrogen) atoms. The number of rotatable bonds is 10. The number of ether oxygens (including phenoxy) is 4. The first-order chi connectivity index (χ1) is 16.5. The lowest BCUT2D eigenvalue weighted by molar-refractivity contribution is -0.160. The molecule has 1 amide bonds. The van der Waals surface area contributed by atoms with Crippen LogP contribution >= 0.6 is 0 Å². The van der Waals surface area contributed by atoms with E-state index < -0.39 is 17.1 Å². The lowest BCUT2D eigenvalue weighted by Gasteiger charge is -2.43. The summed E-state index contributed by atoms with van der Waals surface area (Å²) in [6, 6.07) is 7.66. The van der Waals surface area contributed by atoms with Crippen molar-refractivity contribution < 1.29 is 33.3 Å². The Balaban J connectivity index is 2.30. The molecule has 9 heteroatoms. The summed E-state index contributed by atoms with van der Waals surface area (Å²) in [6.45, 7) is 9.40. The van der Waals surface area contributed by atoms with Crippen LogP contribution in [0, 0.1) is 5.41 Å². The number of benzene rings is 1. The van der Waals surface area contributed by atoms with Crippen molar-refractivity contribution in [2.45, 2.75) is 59.1 Å². The van der Waals surface area contributed by atoms with Gasteiger partial charge in [0, 0.05) is 32.7 Å². The maximum atomic E-state index is 13.3. The number of piperidine rings is 1. The van der Waals surface area contributed by atoms with Crippen LogP contribution in [0.3, 0.4) is 0 Å². The Morgan fingerprint density at radius 2 is 1.80 bits per heavy atom. The quantitative estimate of drug-likeness (QED) is 0.361. The molecule has 1 saturated heterocycles. The third-order valence-corrected chi connectivity index (χ3v) is 5.89. The van der Waals surface area contributed by atoms with Crippen LogP contribution in [-0.2, 0) is 30.3 Å². The van der Waals surface area contributed by atoms with Crippen molar-refractivity contribution in [3.05, 3.63) is 29.8 Å². The number of amides is 1. The highest BCUT2D eigenvalue weighted by Gasteiger charge is 2.46. The highest BCUT2D eigenvalue weighted by molar-refractivity contribution is 5.79. The molecule has 9 nitrogen and oxygen atoms in total. The van der Waals surface area contributed by atoms with E-state index in [1.165, 1.54) is 7.11 Å². The Hall–Kier alpha value is -2.81. The Bertz CT molecular complexity index is 850. The van der Waals surface area contributed by atoms with E-state index in [1.54, 1.807) is 18.9 Å². The van der Waals surface area contributed by atoms with Gasteiger partial charge in [0.1, 0.15) is 11.4 Å². The molecule has 1 atom stereocenters. The average molecular weight is 493 g/mol. The molecule has 0 radical (unpaired) electrons. The molecular weight excluding hydrogens is 452 g/mol. The van der Waals surface area contributed by atoms with E-state index in [0.29, 0.717) is 39.0 Å². The molecule has 1 aromatic rings. The number of likely N-dealkylation sites (tertiary alicyclic amines) is 1. The summed E-state index contributed by atoms with van der Waals surface area (Å²) in [5, 5.41) is 0. The minimum atomic E-state index is -0.937. The standard InChI is InChI=1S/C26H40N2O7/c1-7-34-23(30)26(14-8-15-28(19-26)24(31)35-25(2,3)4)18-27(16-13-22(29)33-6)17-20-9-11-21(32-5)12-10-20/h9-12H,7-8,13-19H2,1-6H3. The fourth-order valence-corrected chi connectivity index (χ4v) is 4.24. The number of nitrogens with zero attached hydrogens (tertiary/aromatic N) is 2. The van der Waals surface area contributed by atoms with Crippen molar-refractivity contribution >= 4 is 18.0 Å². The van der Waals surface area contributed by atoms with Gasteiger partial charge in [-0.05, 0) is 58.2 Å². The molecule has 0 N–H and O–H groups in total. The molecule has 196 valence electrons. The topological polar surface area (TPSA) is 94.6 Å². The van der Waals surface area contributed by atoms with E-state index in [9.17, 15) is 14.4 Å². The zero-order chi connectivity index (χ0) is 26.1. The molecule has 1 aliphatic rings. The molecule has 2 rings (SSSR count). The van der Waals surface area contributed by atoms with E-state index in [1.807, 2.05) is 49.9 Å². The maximum Gasteiger partial charge on any atom is 0.410 e. The van der Waals surface area contributed by atoms with Gasteiger partial charge in [-0.15, -0.1) is 0 Å². The van der Waals surface area contributed by atoms with Gasteiger partial charge < -0.3 is 23.8 Å². The Kier molecular flexibility index (Phi) is 10.4. The molecule has 0 bridgehead atoms. The SMILES string of the molecule is CCOC(=O)C1(CN(CCC(=O)OC)Cc2ccc(OC)cc2)CCCN(C(=O)OC(C)(C)C)C1. The van der Waals surface area contributed by atoms with Crippen LogP contribution in [0.15, 0.2) is 24.3 Å². The van der Waals surface area contributed by atoms with Crippen LogP contribution in [0.1, 0.15) is 52.5 Å². The first kappa shape index (κ1) is 28.4. The molecule has 1 heterocycles. The molecule has 1 aromatic carbocycles. The second kappa shape index (κ2) is 12.8. The van der Waals surface area contributed by atoms with Crippen molar-refractivity contribution in [3.63, 3.8) is 0 Å². The summed E-state index contributed by atoms with van der Waals surface area (Å²) in [7, 11) is 2.97. The highest BCUT2D eigenvalue weighted by Crippen LogP contribution is 2.34. The van der Waals surface area contributed by atoms with Crippen LogP contribution in [0.5, 0.6) is 5.75 Å². The molecule has 0 aromatic heterocycles. The normalized spacial score (nSPS) is 18.2. The number of hydrogen-bond donors (Lipinski definition) is 0. The fourth-order valence-electron chi connectivity index (χ4n) is 4.24. The fraction of sp³-hybridized carbons (Fsp3) is 0.654. The summed E-state index contributed by atoms with van der Waals surface area (Å²) in [4.78, 5) is 41.7. The third kappa shape index (κ3) is 8.72. The summed E-state index contributed by atoms with van der Waals surface area (Å²) < 4.78 is 21.1. The van der Waals surface area contributed by atoms with Crippen molar-refractivity contribution in [3.8, 4) is 5.75 Å². The number of esters is 2. The predicted octanol–water partition coefficient (Wildman–Crippen LogP) is 3.64. The smallest absolute Gasteiger partial charge is 0.410 e. The lowest BCUT2D eigenvalue weighted by atomic mass is 9.79. The van der Waals surface area contributed by atoms with E-state index in [4.69, 9.17) is 18.9 Å². The minimum absolute atomic E-state index is 0.182. The monoisotopic (exact) mass is 492 g/mol. The van der Waals surface area contributed by atoms with Gasteiger partial charge in [0.15, 0.2) is 0 Å². The molecule has 0 spiro atoms. The molecule has 1 aliphatic heterocycles. The van der Waals surface area contributed by atoms with Crippen LogP contribution < -0.4 is 4.74 Å². The minimum Gasteiger partial charge on any atom is -0.497 e. The lowest BCUT2D eigenvalue weighted by Crippen LogP contribution is -2.56. The molecule has 1 fully saturated rings. The van der Waals surface area contributed by atoms with E-state index in [-0.39, 0.29) is 31.5 Å². The van der Waals surface area contributed by atoms with Crippen LogP contribution in [0.2, 0.25) is 0 Å². The molecule has 0 aliphatic carbocycles. The average Bonchev–Trinajstić information content (AvgIpc) is 2.82. The van der Waals surface area contributed by atoms with Crippen molar-refractivity contribution in [2.75, 3.05) is 47.0 Å². The number of methoxy groups -OCH3 is 2. The second-order valence-corrected chi connectivity index (χ2v) is 9.89. The largest absolute Gasteiger partial charge is 0.497 e. The van der Waals surface area contributed by atoms with Gasteiger partial charge in [-0.3, -0.25) is 14.5 Å². The summed E-state index contributed by atoms with van der Waals surface area (Å²) in [5.41, 5.74) is -0.565. The van der Waals surface area contributed by atoms with E-state index >= 15 is 0 Å². The second-order valence-electron chi connectivity index (χ2n) is 9.89. The first-order valence-electron chi connectivity index (χ1n) is 12.1. The van der Waals surface area contributed by atoms with Crippen LogP contribution in [0.4, 0.5) is 4.79 Å². The molecule has 1 unspecified atom stereocenters. The zero-order valence-electron chi connectivity index (χ0n) is 21.9. The van der Waals surface area contributed by atoms with Gasteiger partial charge >= 0.3 is 18.0 Å². The zero-order valence-corrected chi connectivity index (χ0v) is 21.9. The highest BCUT2D eigenvalue weighted by atomic mass is 16.6. The van der Waals surface area contributed by atoms with E-state index in [2.05, 4.69) is 0 Å². The number of carbonyl (C=O) groups is 3. The Labute approximate surface area is 208 Å². The van der Waals surface area contributed by atoms with Crippen molar-refractivity contribution in [1.29, 1.82) is 0 Å². The summed E-state index contributed by atoms with van der Waals surface area (Å²) in [6.07, 6.45) is 0.956. The Morgan fingerprint density at radius 1 is 1.11 bits per heavy atom. The first-order valence-corrected chi connectivity index (χ1v) is 12.1.